The van der Waals surface area contributed by atoms with Gasteiger partial charge in [-0.1, -0.05) is 20.8 Å². The Labute approximate surface area is 83.5 Å². The lowest BCUT2D eigenvalue weighted by Gasteiger charge is -2.20. The van der Waals surface area contributed by atoms with E-state index in [2.05, 4.69) is 0 Å². The number of hydrogen-bond donors (Lipinski definition) is 1. The molecule has 0 rings (SSSR count). The summed E-state index contributed by atoms with van der Waals surface area (Å²) in [6.07, 6.45) is -0.581. The molecule has 0 fully saturated rings. The van der Waals surface area contributed by atoms with Gasteiger partial charge in [-0.25, -0.2) is 0 Å². The van der Waals surface area contributed by atoms with Crippen LogP contribution < -0.4 is 5.73 Å². The molecular weight excluding hydrogens is 186 g/mol. The minimum atomic E-state index is -0.835. The quantitative estimate of drug-likeness (QED) is 0.517. The first-order chi connectivity index (χ1) is 6.51. The third-order valence-corrected chi connectivity index (χ3v) is 1.49. The van der Waals surface area contributed by atoms with Crippen LogP contribution in [0.15, 0.2) is 0 Å². The van der Waals surface area contributed by atoms with Crippen molar-refractivity contribution in [3.8, 4) is 0 Å². The number of ether oxygens (including phenoxy) is 2. The van der Waals surface area contributed by atoms with Gasteiger partial charge in [0.05, 0.1) is 6.54 Å². The van der Waals surface area contributed by atoms with E-state index in [0.717, 1.165) is 0 Å². The Hall–Kier alpha value is -1.10. The summed E-state index contributed by atoms with van der Waals surface area (Å²) in [6.45, 7) is 5.03. The molecule has 0 radical (unpaired) electrons. The first-order valence-electron chi connectivity index (χ1n) is 4.60. The van der Waals surface area contributed by atoms with E-state index in [1.807, 2.05) is 0 Å². The van der Waals surface area contributed by atoms with Gasteiger partial charge in [-0.2, -0.15) is 0 Å². The average Bonchev–Trinajstić information content (AvgIpc) is 2.16. The van der Waals surface area contributed by atoms with Crippen molar-refractivity contribution in [1.29, 1.82) is 0 Å². The fourth-order valence-electron chi connectivity index (χ4n) is 0.687. The van der Waals surface area contributed by atoms with Crippen LogP contribution in [0.3, 0.4) is 0 Å². The van der Waals surface area contributed by atoms with E-state index in [0.29, 0.717) is 0 Å². The Bertz CT molecular complexity index is 185. The molecule has 5 nitrogen and oxygen atoms in total. The van der Waals surface area contributed by atoms with Crippen molar-refractivity contribution in [2.45, 2.75) is 33.5 Å². The molecule has 0 aromatic heterocycles. The highest BCUT2D eigenvalue weighted by molar-refractivity contribution is 5.72. The molecule has 0 saturated carbocycles. The summed E-state index contributed by atoms with van der Waals surface area (Å²) in [5.74, 6) is -1.05. The van der Waals surface area contributed by atoms with Crippen LogP contribution in [0.2, 0.25) is 0 Å². The standard InChI is InChI=1S/C9H17NO4/c1-4-7(11)13-9(6(2)3)14-8(12)5-10/h6,9H,4-5,10H2,1-3H3. The maximum Gasteiger partial charge on any atom is 0.322 e. The van der Waals surface area contributed by atoms with Crippen molar-refractivity contribution in [1.82, 2.24) is 0 Å². The van der Waals surface area contributed by atoms with Crippen LogP contribution in [0.1, 0.15) is 27.2 Å². The topological polar surface area (TPSA) is 78.6 Å². The van der Waals surface area contributed by atoms with Gasteiger partial charge in [-0.15, -0.1) is 0 Å². The van der Waals surface area contributed by atoms with Crippen LogP contribution in [0.5, 0.6) is 0 Å². The van der Waals surface area contributed by atoms with Crippen molar-refractivity contribution < 1.29 is 19.1 Å². The number of nitrogens with two attached hydrogens (primary N) is 1. The van der Waals surface area contributed by atoms with Gasteiger partial charge in [-0.3, -0.25) is 9.59 Å². The molecule has 2 N–H and O–H groups in total. The number of rotatable bonds is 5. The van der Waals surface area contributed by atoms with Crippen molar-refractivity contribution in [2.24, 2.45) is 11.7 Å². The Morgan fingerprint density at radius 2 is 1.71 bits per heavy atom. The van der Waals surface area contributed by atoms with E-state index in [-0.39, 0.29) is 18.9 Å². The van der Waals surface area contributed by atoms with Crippen molar-refractivity contribution >= 4 is 11.9 Å². The summed E-state index contributed by atoms with van der Waals surface area (Å²) < 4.78 is 9.72. The molecule has 0 aliphatic rings. The molecule has 5 heteroatoms. The predicted molar refractivity (Wildman–Crippen MR) is 50.2 cm³/mol. The average molecular weight is 203 g/mol. The Morgan fingerprint density at radius 1 is 1.21 bits per heavy atom. The summed E-state index contributed by atoms with van der Waals surface area (Å²) in [6, 6.07) is 0. The third-order valence-electron chi connectivity index (χ3n) is 1.49. The van der Waals surface area contributed by atoms with E-state index in [1.54, 1.807) is 20.8 Å². The van der Waals surface area contributed by atoms with E-state index in [4.69, 9.17) is 15.2 Å². The second-order valence-corrected chi connectivity index (χ2v) is 3.15. The van der Waals surface area contributed by atoms with Crippen LogP contribution in [-0.4, -0.2) is 24.8 Å². The summed E-state index contributed by atoms with van der Waals surface area (Å²) >= 11 is 0. The van der Waals surface area contributed by atoms with Gasteiger partial charge in [0.15, 0.2) is 0 Å². The lowest BCUT2D eigenvalue weighted by atomic mass is 10.2. The van der Waals surface area contributed by atoms with E-state index in [9.17, 15) is 9.59 Å². The maximum atomic E-state index is 11.0. The largest absolute Gasteiger partial charge is 0.425 e. The van der Waals surface area contributed by atoms with Crippen LogP contribution in [0, 0.1) is 5.92 Å². The second kappa shape index (κ2) is 6.37. The molecule has 0 aliphatic heterocycles. The smallest absolute Gasteiger partial charge is 0.322 e. The molecule has 0 spiro atoms. The lowest BCUT2D eigenvalue weighted by Crippen LogP contribution is -2.31. The number of esters is 2. The Kier molecular flexibility index (Phi) is 5.87. The van der Waals surface area contributed by atoms with Crippen LogP contribution >= 0.6 is 0 Å². The lowest BCUT2D eigenvalue weighted by molar-refractivity contribution is -0.194. The van der Waals surface area contributed by atoms with E-state index in [1.165, 1.54) is 0 Å². The minimum absolute atomic E-state index is 0.0824. The molecular formula is C9H17NO4. The Balaban J connectivity index is 4.16. The van der Waals surface area contributed by atoms with Gasteiger partial charge < -0.3 is 15.2 Å². The fraction of sp³-hybridized carbons (Fsp3) is 0.778. The zero-order valence-corrected chi connectivity index (χ0v) is 8.78. The zero-order valence-electron chi connectivity index (χ0n) is 8.78. The zero-order chi connectivity index (χ0) is 11.1. The van der Waals surface area contributed by atoms with Gasteiger partial charge >= 0.3 is 11.9 Å². The number of carbonyl (C=O) groups excluding carboxylic acids is 2. The number of carbonyl (C=O) groups is 2. The van der Waals surface area contributed by atoms with E-state index >= 15 is 0 Å². The SMILES string of the molecule is CCC(=O)OC(OC(=O)CN)C(C)C. The monoisotopic (exact) mass is 203 g/mol. The van der Waals surface area contributed by atoms with Gasteiger partial charge in [0.25, 0.3) is 0 Å². The summed E-state index contributed by atoms with van der Waals surface area (Å²) in [7, 11) is 0. The van der Waals surface area contributed by atoms with Crippen molar-refractivity contribution in [2.75, 3.05) is 6.54 Å². The highest BCUT2D eigenvalue weighted by Gasteiger charge is 2.21. The predicted octanol–water partition coefficient (Wildman–Crippen LogP) is 0.424. The molecule has 0 amide bonds. The molecule has 0 aromatic carbocycles. The summed E-state index contributed by atoms with van der Waals surface area (Å²) in [4.78, 5) is 21.8. The first kappa shape index (κ1) is 12.9. The highest BCUT2D eigenvalue weighted by atomic mass is 16.7. The van der Waals surface area contributed by atoms with Crippen molar-refractivity contribution in [3.63, 3.8) is 0 Å². The first-order valence-corrected chi connectivity index (χ1v) is 4.60. The van der Waals surface area contributed by atoms with Gasteiger partial charge in [-0.05, 0) is 0 Å². The highest BCUT2D eigenvalue weighted by Crippen LogP contribution is 2.09. The van der Waals surface area contributed by atoms with Crippen LogP contribution in [0.4, 0.5) is 0 Å². The maximum absolute atomic E-state index is 11.0. The number of hydrogen-bond acceptors (Lipinski definition) is 5. The van der Waals surface area contributed by atoms with Gasteiger partial charge in [0.2, 0.25) is 6.29 Å². The molecule has 0 aliphatic carbocycles. The second-order valence-electron chi connectivity index (χ2n) is 3.15. The minimum Gasteiger partial charge on any atom is -0.425 e. The molecule has 14 heavy (non-hydrogen) atoms. The summed E-state index contributed by atoms with van der Waals surface area (Å²) in [5.41, 5.74) is 5.07. The van der Waals surface area contributed by atoms with Crippen LogP contribution in [-0.2, 0) is 19.1 Å². The molecule has 0 saturated heterocycles. The molecule has 0 aromatic rings. The Morgan fingerprint density at radius 3 is 2.07 bits per heavy atom. The van der Waals surface area contributed by atoms with Gasteiger partial charge in [0.1, 0.15) is 0 Å². The third kappa shape index (κ3) is 4.81. The molecule has 1 unspecified atom stereocenters. The normalized spacial score (nSPS) is 12.4. The molecule has 1 atom stereocenters. The van der Waals surface area contributed by atoms with Crippen LogP contribution in [0.25, 0.3) is 0 Å². The van der Waals surface area contributed by atoms with Crippen molar-refractivity contribution in [3.05, 3.63) is 0 Å². The molecule has 0 heterocycles. The fourth-order valence-corrected chi connectivity index (χ4v) is 0.687. The van der Waals surface area contributed by atoms with Gasteiger partial charge in [0, 0.05) is 12.3 Å². The summed E-state index contributed by atoms with van der Waals surface area (Å²) in [5, 5.41) is 0. The molecule has 0 bridgehead atoms. The van der Waals surface area contributed by atoms with E-state index < -0.39 is 18.2 Å². The molecule has 82 valence electrons.